The summed E-state index contributed by atoms with van der Waals surface area (Å²) in [6, 6.07) is -0.906. The number of esters is 1. The Morgan fingerprint density at radius 2 is 0.831 bits per heavy atom. The van der Waals surface area contributed by atoms with E-state index in [-0.39, 0.29) is 31.3 Å². The van der Waals surface area contributed by atoms with Gasteiger partial charge in [-0.3, -0.25) is 14.2 Å². The van der Waals surface area contributed by atoms with Crippen LogP contribution in [0.25, 0.3) is 0 Å². The molecule has 444 valence electrons. The highest BCUT2D eigenvalue weighted by Crippen LogP contribution is 2.38. The maximum atomic E-state index is 13.5. The quantitative estimate of drug-likeness (QED) is 0.0212. The molecule has 0 saturated heterocycles. The summed E-state index contributed by atoms with van der Waals surface area (Å²) < 4.78 is 30.3. The van der Waals surface area contributed by atoms with Gasteiger partial charge in [-0.15, -0.1) is 0 Å². The fourth-order valence-corrected chi connectivity index (χ4v) is 9.36. The van der Waals surface area contributed by atoms with Crippen molar-refractivity contribution in [1.82, 2.24) is 5.32 Å². The number of rotatable bonds is 56. The van der Waals surface area contributed by atoms with Crippen LogP contribution in [0.1, 0.15) is 265 Å². The van der Waals surface area contributed by atoms with Gasteiger partial charge < -0.3 is 28.5 Å². The number of hydrogen-bond donors (Lipinski definition) is 1. The first kappa shape index (κ1) is 73.9. The average Bonchev–Trinajstić information content (AvgIpc) is 3.39. The third-order valence-electron chi connectivity index (χ3n) is 13.5. The standard InChI is InChI=1S/C67H119N2O7P/c1-7-10-13-16-19-22-25-27-29-31-33-34-36-37-39-41-44-47-50-53-56-59-66(70)68-64(63-75-77(72,73)74-62-61-69(4,5)6)65(58-55-52-49-46-43-24-21-18-15-12-9-3)76-67(71)60-57-54-51-48-45-42-40-38-35-32-30-28-26-23-20-17-14-11-8-2/h10,13,19-20,22-23,27-30,33-34,37,39,55,58,64-65H,7-9,11-12,14-18,21,24-26,31-32,35-36,38,40-54,56-57,59-63H2,1-6H3,(H-,68,70,72,73)/b13-10-,22-19-,23-20-,29-27-,30-28-,34-33-,39-37-,58-55+. The predicted octanol–water partition coefficient (Wildman–Crippen LogP) is 18.9. The lowest BCUT2D eigenvalue weighted by atomic mass is 10.0. The van der Waals surface area contributed by atoms with Crippen molar-refractivity contribution in [3.05, 3.63) is 97.2 Å². The van der Waals surface area contributed by atoms with E-state index in [1.165, 1.54) is 103 Å². The van der Waals surface area contributed by atoms with E-state index in [1.54, 1.807) is 0 Å². The summed E-state index contributed by atoms with van der Waals surface area (Å²) >= 11 is 0. The molecule has 3 atom stereocenters. The second-order valence-electron chi connectivity index (χ2n) is 22.2. The molecule has 0 aliphatic rings. The van der Waals surface area contributed by atoms with Gasteiger partial charge in [-0.1, -0.05) is 240 Å². The van der Waals surface area contributed by atoms with Crippen molar-refractivity contribution in [3.8, 4) is 0 Å². The maximum Gasteiger partial charge on any atom is 0.306 e. The number of phosphoric ester groups is 1. The van der Waals surface area contributed by atoms with E-state index < -0.39 is 26.6 Å². The Morgan fingerprint density at radius 1 is 0.468 bits per heavy atom. The van der Waals surface area contributed by atoms with Crippen LogP contribution in [0.4, 0.5) is 0 Å². The van der Waals surface area contributed by atoms with Crippen molar-refractivity contribution in [1.29, 1.82) is 0 Å². The molecule has 0 bridgehead atoms. The smallest absolute Gasteiger partial charge is 0.306 e. The molecule has 0 aliphatic heterocycles. The highest BCUT2D eigenvalue weighted by atomic mass is 31.2. The summed E-state index contributed by atoms with van der Waals surface area (Å²) in [6.07, 6.45) is 75.1. The monoisotopic (exact) mass is 1090 g/mol. The predicted molar refractivity (Wildman–Crippen MR) is 330 cm³/mol. The van der Waals surface area contributed by atoms with Crippen molar-refractivity contribution in [2.75, 3.05) is 40.9 Å². The second-order valence-corrected chi connectivity index (χ2v) is 23.6. The molecule has 10 heteroatoms. The number of hydrogen-bond acceptors (Lipinski definition) is 7. The van der Waals surface area contributed by atoms with Crippen LogP contribution in [0.3, 0.4) is 0 Å². The van der Waals surface area contributed by atoms with Gasteiger partial charge >= 0.3 is 5.97 Å². The number of ether oxygens (including phenoxy) is 1. The van der Waals surface area contributed by atoms with Crippen LogP contribution in [0.15, 0.2) is 97.2 Å². The summed E-state index contributed by atoms with van der Waals surface area (Å²) in [6.45, 7) is 6.68. The first-order valence-electron chi connectivity index (χ1n) is 31.5. The van der Waals surface area contributed by atoms with Crippen LogP contribution in [-0.4, -0.2) is 69.4 Å². The second kappa shape index (κ2) is 56.2. The molecule has 77 heavy (non-hydrogen) atoms. The van der Waals surface area contributed by atoms with Crippen LogP contribution >= 0.6 is 7.82 Å². The Balaban J connectivity index is 5.25. The molecular formula is C67H119N2O7P. The average molecular weight is 1100 g/mol. The number of allylic oxidation sites excluding steroid dienone is 15. The van der Waals surface area contributed by atoms with Crippen molar-refractivity contribution < 1.29 is 37.3 Å². The fourth-order valence-electron chi connectivity index (χ4n) is 8.64. The summed E-state index contributed by atoms with van der Waals surface area (Å²) in [5.41, 5.74) is 0. The van der Waals surface area contributed by atoms with Crippen molar-refractivity contribution >= 4 is 19.7 Å². The Labute approximate surface area is 475 Å². The number of nitrogens with one attached hydrogen (secondary N) is 1. The van der Waals surface area contributed by atoms with Gasteiger partial charge in [-0.25, -0.2) is 0 Å². The van der Waals surface area contributed by atoms with E-state index in [2.05, 4.69) is 111 Å². The number of amides is 1. The SMILES string of the molecule is CC/C=C\C/C=C\C/C=C\C/C=C\C/C=C\CCCCCCCC(=O)NC(COP(=O)([O-])OCC[N+](C)(C)C)C(/C=C/CCCCCCCCCCC)OC(=O)CCCCCCCCCCC/C=C\C/C=C\CCCCC. The number of nitrogens with zero attached hydrogens (tertiary/aromatic N) is 1. The Morgan fingerprint density at radius 3 is 1.27 bits per heavy atom. The largest absolute Gasteiger partial charge is 0.756 e. The zero-order valence-electron chi connectivity index (χ0n) is 50.6. The van der Waals surface area contributed by atoms with Gasteiger partial charge in [-0.2, -0.15) is 0 Å². The molecule has 0 rings (SSSR count). The number of carbonyl (C=O) groups is 2. The van der Waals surface area contributed by atoms with E-state index in [1.807, 2.05) is 33.3 Å². The normalized spacial score (nSPS) is 14.3. The lowest BCUT2D eigenvalue weighted by Gasteiger charge is -2.30. The van der Waals surface area contributed by atoms with Gasteiger partial charge in [0.15, 0.2) is 0 Å². The molecule has 1 N–H and O–H groups in total. The molecule has 9 nitrogen and oxygen atoms in total. The molecule has 0 aliphatic carbocycles. The topological polar surface area (TPSA) is 114 Å². The molecular weight excluding hydrogens is 976 g/mol. The highest BCUT2D eigenvalue weighted by molar-refractivity contribution is 7.45. The van der Waals surface area contributed by atoms with Gasteiger partial charge in [-0.05, 0) is 109 Å². The van der Waals surface area contributed by atoms with Gasteiger partial charge in [0.25, 0.3) is 7.82 Å². The van der Waals surface area contributed by atoms with Gasteiger partial charge in [0.2, 0.25) is 5.91 Å². The minimum Gasteiger partial charge on any atom is -0.756 e. The van der Waals surface area contributed by atoms with E-state index >= 15 is 0 Å². The number of likely N-dealkylation sites (N-methyl/N-ethyl adjacent to an activating group) is 1. The molecule has 0 fully saturated rings. The number of carbonyl (C=O) groups excluding carboxylic acids is 2. The summed E-state index contributed by atoms with van der Waals surface area (Å²) in [7, 11) is 1.16. The van der Waals surface area contributed by atoms with Gasteiger partial charge in [0, 0.05) is 12.8 Å². The highest BCUT2D eigenvalue weighted by Gasteiger charge is 2.27. The fraction of sp³-hybridized carbons (Fsp3) is 0.731. The summed E-state index contributed by atoms with van der Waals surface area (Å²) in [5.74, 6) is -0.571. The lowest BCUT2D eigenvalue weighted by molar-refractivity contribution is -0.870. The zero-order valence-corrected chi connectivity index (χ0v) is 51.5. The van der Waals surface area contributed by atoms with E-state index in [4.69, 9.17) is 13.8 Å². The van der Waals surface area contributed by atoms with Crippen molar-refractivity contribution in [3.63, 3.8) is 0 Å². The molecule has 0 aromatic heterocycles. The molecule has 0 aromatic rings. The van der Waals surface area contributed by atoms with Crippen LogP contribution in [0.2, 0.25) is 0 Å². The minimum absolute atomic E-state index is 0.0315. The van der Waals surface area contributed by atoms with Crippen molar-refractivity contribution in [2.45, 2.75) is 277 Å². The first-order chi connectivity index (χ1) is 37.4. The lowest BCUT2D eigenvalue weighted by Crippen LogP contribution is -2.47. The zero-order chi connectivity index (χ0) is 56.4. The van der Waals surface area contributed by atoms with E-state index in [0.29, 0.717) is 17.4 Å². The molecule has 0 heterocycles. The van der Waals surface area contributed by atoms with Crippen LogP contribution < -0.4 is 10.2 Å². The molecule has 0 radical (unpaired) electrons. The Kier molecular flexibility index (Phi) is 54.0. The molecule has 0 spiro atoms. The van der Waals surface area contributed by atoms with Gasteiger partial charge in [0.05, 0.1) is 33.8 Å². The number of phosphoric acid groups is 1. The van der Waals surface area contributed by atoms with Crippen LogP contribution in [0, 0.1) is 0 Å². The minimum atomic E-state index is -4.71. The molecule has 0 aromatic carbocycles. The van der Waals surface area contributed by atoms with Gasteiger partial charge in [0.1, 0.15) is 19.3 Å². The van der Waals surface area contributed by atoms with Crippen LogP contribution in [0.5, 0.6) is 0 Å². The number of quaternary nitrogens is 1. The van der Waals surface area contributed by atoms with Crippen molar-refractivity contribution in [2.24, 2.45) is 0 Å². The maximum absolute atomic E-state index is 13.5. The summed E-state index contributed by atoms with van der Waals surface area (Å²) in [5, 5.41) is 3.02. The van der Waals surface area contributed by atoms with E-state index in [0.717, 1.165) is 122 Å². The Bertz CT molecular complexity index is 1640. The third-order valence-corrected chi connectivity index (χ3v) is 14.5. The molecule has 1 amide bonds. The molecule has 3 unspecified atom stereocenters. The molecule has 0 saturated carbocycles. The first-order valence-corrected chi connectivity index (χ1v) is 33.0. The third kappa shape index (κ3) is 57.4. The summed E-state index contributed by atoms with van der Waals surface area (Å²) in [4.78, 5) is 40.0. The van der Waals surface area contributed by atoms with E-state index in [9.17, 15) is 19.0 Å². The Hall–Kier alpha value is -3.07. The van der Waals surface area contributed by atoms with Crippen LogP contribution in [-0.2, 0) is 27.9 Å². The number of unbranched alkanes of at least 4 members (excludes halogenated alkanes) is 26.